The van der Waals surface area contributed by atoms with Crippen LogP contribution < -0.4 is 4.74 Å². The highest BCUT2D eigenvalue weighted by Crippen LogP contribution is 2.25. The third-order valence-electron chi connectivity index (χ3n) is 2.92. The van der Waals surface area contributed by atoms with Crippen LogP contribution in [0.3, 0.4) is 0 Å². The molecule has 0 radical (unpaired) electrons. The van der Waals surface area contributed by atoms with Crippen molar-refractivity contribution in [2.75, 3.05) is 33.4 Å². The molecule has 106 valence electrons. The van der Waals surface area contributed by atoms with Crippen molar-refractivity contribution < 1.29 is 14.6 Å². The zero-order valence-electron chi connectivity index (χ0n) is 11.4. The van der Waals surface area contributed by atoms with E-state index in [0.717, 1.165) is 17.6 Å². The number of hydrogen-bond acceptors (Lipinski definition) is 4. The molecule has 0 spiro atoms. The van der Waals surface area contributed by atoms with E-state index in [-0.39, 0.29) is 12.4 Å². The van der Waals surface area contributed by atoms with E-state index in [1.165, 1.54) is 0 Å². The molecule has 1 aromatic carbocycles. The van der Waals surface area contributed by atoms with Gasteiger partial charge < -0.3 is 9.84 Å². The maximum atomic E-state index is 12.2. The number of aliphatic hydroxyl groups is 1. The first-order chi connectivity index (χ1) is 9.12. The Morgan fingerprint density at radius 1 is 1.47 bits per heavy atom. The van der Waals surface area contributed by atoms with Crippen molar-refractivity contribution >= 4 is 21.7 Å². The first kappa shape index (κ1) is 16.1. The number of halogens is 1. The largest absolute Gasteiger partial charge is 0.496 e. The lowest BCUT2D eigenvalue weighted by molar-refractivity contribution is 0.0928. The van der Waals surface area contributed by atoms with Crippen molar-refractivity contribution in [3.63, 3.8) is 0 Å². The predicted molar refractivity (Wildman–Crippen MR) is 78.8 cm³/mol. The standard InChI is InChI=1S/C14H20BrNO3/c1-3-16(7-4-8-17)10-13(18)11-5-6-14(19-2)12(15)9-11/h5-6,9,17H,3-4,7-8,10H2,1-2H3. The molecule has 0 saturated heterocycles. The van der Waals surface area contributed by atoms with E-state index in [0.29, 0.717) is 24.3 Å². The minimum Gasteiger partial charge on any atom is -0.496 e. The summed E-state index contributed by atoms with van der Waals surface area (Å²) >= 11 is 3.38. The maximum absolute atomic E-state index is 12.2. The molecule has 0 heterocycles. The van der Waals surface area contributed by atoms with Crippen LogP contribution in [0.2, 0.25) is 0 Å². The van der Waals surface area contributed by atoms with E-state index < -0.39 is 0 Å². The number of ketones is 1. The van der Waals surface area contributed by atoms with Crippen LogP contribution in [0.1, 0.15) is 23.7 Å². The molecule has 0 aliphatic carbocycles. The molecule has 0 fully saturated rings. The predicted octanol–water partition coefficient (Wildman–Crippen LogP) is 2.34. The van der Waals surface area contributed by atoms with Gasteiger partial charge in [-0.2, -0.15) is 0 Å². The van der Waals surface area contributed by atoms with Crippen LogP contribution in [0.15, 0.2) is 22.7 Å². The number of carbonyl (C=O) groups is 1. The summed E-state index contributed by atoms with van der Waals surface area (Å²) in [7, 11) is 1.59. The van der Waals surface area contributed by atoms with Crippen LogP contribution in [0.4, 0.5) is 0 Å². The Labute approximate surface area is 122 Å². The normalized spacial score (nSPS) is 10.8. The number of rotatable bonds is 8. The fourth-order valence-corrected chi connectivity index (χ4v) is 2.32. The van der Waals surface area contributed by atoms with Crippen LogP contribution in [-0.4, -0.2) is 49.1 Å². The quantitative estimate of drug-likeness (QED) is 0.744. The number of Topliss-reactive ketones (excluding diaryl/α,β-unsaturated/α-hetero) is 1. The van der Waals surface area contributed by atoms with Gasteiger partial charge in [0.1, 0.15) is 5.75 Å². The molecule has 0 saturated carbocycles. The number of carbonyl (C=O) groups excluding carboxylic acids is 1. The second-order valence-electron chi connectivity index (χ2n) is 4.22. The highest BCUT2D eigenvalue weighted by atomic mass is 79.9. The fourth-order valence-electron chi connectivity index (χ4n) is 1.78. The van der Waals surface area contributed by atoms with E-state index in [4.69, 9.17) is 9.84 Å². The molecule has 5 heteroatoms. The van der Waals surface area contributed by atoms with Gasteiger partial charge in [0, 0.05) is 18.7 Å². The highest BCUT2D eigenvalue weighted by Gasteiger charge is 2.12. The number of benzene rings is 1. The van der Waals surface area contributed by atoms with E-state index >= 15 is 0 Å². The maximum Gasteiger partial charge on any atom is 0.176 e. The molecule has 4 nitrogen and oxygen atoms in total. The second-order valence-corrected chi connectivity index (χ2v) is 5.07. The smallest absolute Gasteiger partial charge is 0.176 e. The topological polar surface area (TPSA) is 49.8 Å². The monoisotopic (exact) mass is 329 g/mol. The Morgan fingerprint density at radius 2 is 2.21 bits per heavy atom. The van der Waals surface area contributed by atoms with Crippen molar-refractivity contribution in [3.05, 3.63) is 28.2 Å². The average molecular weight is 330 g/mol. The van der Waals surface area contributed by atoms with Gasteiger partial charge in [0.2, 0.25) is 0 Å². The molecular weight excluding hydrogens is 310 g/mol. The lowest BCUT2D eigenvalue weighted by Crippen LogP contribution is -2.31. The third kappa shape index (κ3) is 4.93. The number of aliphatic hydroxyl groups excluding tert-OH is 1. The first-order valence-electron chi connectivity index (χ1n) is 6.32. The van der Waals surface area contributed by atoms with E-state index in [2.05, 4.69) is 15.9 Å². The molecule has 0 unspecified atom stereocenters. The second kappa shape index (κ2) is 8.30. The molecular formula is C14H20BrNO3. The van der Waals surface area contributed by atoms with Crippen LogP contribution in [-0.2, 0) is 0 Å². The Kier molecular flexibility index (Phi) is 7.05. The number of likely N-dealkylation sites (N-methyl/N-ethyl adjacent to an activating group) is 1. The van der Waals surface area contributed by atoms with Gasteiger partial charge in [-0.1, -0.05) is 6.92 Å². The summed E-state index contributed by atoms with van der Waals surface area (Å²) in [5, 5.41) is 8.82. The van der Waals surface area contributed by atoms with Crippen molar-refractivity contribution in [1.82, 2.24) is 4.90 Å². The van der Waals surface area contributed by atoms with Gasteiger partial charge >= 0.3 is 0 Å². The van der Waals surface area contributed by atoms with Crippen molar-refractivity contribution in [3.8, 4) is 5.75 Å². The van der Waals surface area contributed by atoms with E-state index in [1.54, 1.807) is 25.3 Å². The zero-order valence-corrected chi connectivity index (χ0v) is 12.9. The van der Waals surface area contributed by atoms with Gasteiger partial charge in [-0.3, -0.25) is 9.69 Å². The molecule has 19 heavy (non-hydrogen) atoms. The van der Waals surface area contributed by atoms with Crippen LogP contribution in [0.5, 0.6) is 5.75 Å². The lowest BCUT2D eigenvalue weighted by Gasteiger charge is -2.19. The van der Waals surface area contributed by atoms with Crippen LogP contribution >= 0.6 is 15.9 Å². The summed E-state index contributed by atoms with van der Waals surface area (Å²) in [6.07, 6.45) is 0.688. The van der Waals surface area contributed by atoms with Gasteiger partial charge in [-0.25, -0.2) is 0 Å². The Hall–Kier alpha value is -0.910. The summed E-state index contributed by atoms with van der Waals surface area (Å²) in [5.74, 6) is 0.785. The molecule has 0 aliphatic heterocycles. The summed E-state index contributed by atoms with van der Waals surface area (Å²) in [6, 6.07) is 5.33. The lowest BCUT2D eigenvalue weighted by atomic mass is 10.1. The molecule has 0 bridgehead atoms. The van der Waals surface area contributed by atoms with Gasteiger partial charge in [0.15, 0.2) is 5.78 Å². The van der Waals surface area contributed by atoms with Crippen molar-refractivity contribution in [2.24, 2.45) is 0 Å². The zero-order chi connectivity index (χ0) is 14.3. The number of hydrogen-bond donors (Lipinski definition) is 1. The molecule has 0 atom stereocenters. The number of ether oxygens (including phenoxy) is 1. The summed E-state index contributed by atoms with van der Waals surface area (Å²) in [5.41, 5.74) is 0.662. The summed E-state index contributed by atoms with van der Waals surface area (Å²) < 4.78 is 5.92. The van der Waals surface area contributed by atoms with Gasteiger partial charge in [-0.05, 0) is 47.1 Å². The van der Waals surface area contributed by atoms with Gasteiger partial charge in [0.25, 0.3) is 0 Å². The molecule has 0 aliphatic rings. The van der Waals surface area contributed by atoms with E-state index in [9.17, 15) is 4.79 Å². The van der Waals surface area contributed by atoms with Crippen molar-refractivity contribution in [1.29, 1.82) is 0 Å². The Bertz CT molecular complexity index is 423. The molecule has 0 amide bonds. The molecule has 1 rings (SSSR count). The SMILES string of the molecule is CCN(CCCO)CC(=O)c1ccc(OC)c(Br)c1. The molecule has 1 aromatic rings. The third-order valence-corrected chi connectivity index (χ3v) is 3.54. The first-order valence-corrected chi connectivity index (χ1v) is 7.11. The Balaban J connectivity index is 2.69. The van der Waals surface area contributed by atoms with Crippen LogP contribution in [0, 0.1) is 0 Å². The number of methoxy groups -OCH3 is 1. The Morgan fingerprint density at radius 3 is 2.74 bits per heavy atom. The highest BCUT2D eigenvalue weighted by molar-refractivity contribution is 9.10. The average Bonchev–Trinajstić information content (AvgIpc) is 2.43. The van der Waals surface area contributed by atoms with Gasteiger partial charge in [0.05, 0.1) is 18.1 Å². The van der Waals surface area contributed by atoms with Crippen molar-refractivity contribution in [2.45, 2.75) is 13.3 Å². The summed E-state index contributed by atoms with van der Waals surface area (Å²) in [4.78, 5) is 14.2. The van der Waals surface area contributed by atoms with E-state index in [1.807, 2.05) is 11.8 Å². The number of nitrogens with zero attached hydrogens (tertiary/aromatic N) is 1. The minimum atomic E-state index is 0.0724. The molecule has 1 N–H and O–H groups in total. The van der Waals surface area contributed by atoms with Crippen LogP contribution in [0.25, 0.3) is 0 Å². The minimum absolute atomic E-state index is 0.0724. The summed E-state index contributed by atoms with van der Waals surface area (Å²) in [6.45, 7) is 4.06. The van der Waals surface area contributed by atoms with Gasteiger partial charge in [-0.15, -0.1) is 0 Å². The fraction of sp³-hybridized carbons (Fsp3) is 0.500. The molecule has 0 aromatic heterocycles.